The van der Waals surface area contributed by atoms with Gasteiger partial charge in [-0.2, -0.15) is 0 Å². The van der Waals surface area contributed by atoms with E-state index in [9.17, 15) is 0 Å². The van der Waals surface area contributed by atoms with Crippen molar-refractivity contribution >= 4 is 23.5 Å². The van der Waals surface area contributed by atoms with Crippen molar-refractivity contribution in [1.82, 2.24) is 14.8 Å². The van der Waals surface area contributed by atoms with Crippen molar-refractivity contribution in [2.24, 2.45) is 5.73 Å². The van der Waals surface area contributed by atoms with E-state index in [1.54, 1.807) is 23.5 Å². The van der Waals surface area contributed by atoms with Crippen LogP contribution in [0.15, 0.2) is 34.3 Å². The Morgan fingerprint density at radius 3 is 2.45 bits per heavy atom. The van der Waals surface area contributed by atoms with Crippen molar-refractivity contribution in [3.8, 4) is 0 Å². The molecule has 2 aromatic rings. The van der Waals surface area contributed by atoms with Gasteiger partial charge in [0.1, 0.15) is 5.82 Å². The maximum Gasteiger partial charge on any atom is 0.191 e. The van der Waals surface area contributed by atoms with E-state index in [4.69, 9.17) is 5.73 Å². The number of thioether (sulfide) groups is 2. The third-order valence-corrected chi connectivity index (χ3v) is 4.72. The standard InChI is InChI=1S/C14H20N4S2/c1-10(2)18-13(8-15)16-17-14(18)20-9-11-4-6-12(19-3)7-5-11/h4-7,10H,8-9,15H2,1-3H3. The first-order valence-corrected chi connectivity index (χ1v) is 8.76. The van der Waals surface area contributed by atoms with Crippen LogP contribution in [0.5, 0.6) is 0 Å². The molecule has 0 amide bonds. The second kappa shape index (κ2) is 7.15. The molecule has 0 saturated carbocycles. The normalized spacial score (nSPS) is 11.2. The first-order valence-electron chi connectivity index (χ1n) is 6.55. The minimum absolute atomic E-state index is 0.324. The highest BCUT2D eigenvalue weighted by Gasteiger charge is 2.13. The average Bonchev–Trinajstić information content (AvgIpc) is 2.88. The molecule has 20 heavy (non-hydrogen) atoms. The first kappa shape index (κ1) is 15.4. The molecule has 6 heteroatoms. The van der Waals surface area contributed by atoms with Crippen LogP contribution < -0.4 is 5.73 Å². The van der Waals surface area contributed by atoms with Crippen LogP contribution in [0.2, 0.25) is 0 Å². The summed E-state index contributed by atoms with van der Waals surface area (Å²) in [4.78, 5) is 1.29. The van der Waals surface area contributed by atoms with Gasteiger partial charge in [0.05, 0.1) is 6.54 Å². The molecule has 0 atom stereocenters. The van der Waals surface area contributed by atoms with Gasteiger partial charge in [0.15, 0.2) is 5.16 Å². The smallest absolute Gasteiger partial charge is 0.191 e. The molecule has 0 aliphatic carbocycles. The fourth-order valence-corrected chi connectivity index (χ4v) is 3.38. The number of aromatic nitrogens is 3. The first-order chi connectivity index (χ1) is 9.65. The predicted octanol–water partition coefficient (Wildman–Crippen LogP) is 3.33. The largest absolute Gasteiger partial charge is 0.324 e. The Hall–Kier alpha value is -0.980. The summed E-state index contributed by atoms with van der Waals surface area (Å²) < 4.78 is 2.11. The lowest BCUT2D eigenvalue weighted by Crippen LogP contribution is -2.11. The highest BCUT2D eigenvalue weighted by atomic mass is 32.2. The van der Waals surface area contributed by atoms with E-state index in [1.165, 1.54) is 10.5 Å². The number of hydrogen-bond donors (Lipinski definition) is 1. The Morgan fingerprint density at radius 1 is 1.20 bits per heavy atom. The number of nitrogens with zero attached hydrogens (tertiary/aromatic N) is 3. The van der Waals surface area contributed by atoms with Gasteiger partial charge in [0, 0.05) is 16.7 Å². The van der Waals surface area contributed by atoms with E-state index in [-0.39, 0.29) is 0 Å². The summed E-state index contributed by atoms with van der Waals surface area (Å²) in [5.74, 6) is 1.74. The van der Waals surface area contributed by atoms with E-state index in [1.807, 2.05) is 0 Å². The molecule has 0 bridgehead atoms. The number of benzene rings is 1. The van der Waals surface area contributed by atoms with Gasteiger partial charge >= 0.3 is 0 Å². The third-order valence-electron chi connectivity index (χ3n) is 2.96. The molecule has 1 heterocycles. The minimum Gasteiger partial charge on any atom is -0.324 e. The zero-order valence-corrected chi connectivity index (χ0v) is 13.7. The highest BCUT2D eigenvalue weighted by molar-refractivity contribution is 7.98. The Bertz CT molecular complexity index is 549. The summed E-state index contributed by atoms with van der Waals surface area (Å²) in [7, 11) is 0. The van der Waals surface area contributed by atoms with E-state index < -0.39 is 0 Å². The molecule has 2 rings (SSSR count). The topological polar surface area (TPSA) is 56.7 Å². The Labute approximate surface area is 128 Å². The summed E-state index contributed by atoms with van der Waals surface area (Å²) in [5, 5.41) is 9.35. The van der Waals surface area contributed by atoms with E-state index >= 15 is 0 Å². The summed E-state index contributed by atoms with van der Waals surface area (Å²) >= 11 is 3.46. The molecule has 4 nitrogen and oxygen atoms in total. The molecule has 0 aliphatic heterocycles. The van der Waals surface area contributed by atoms with Crippen molar-refractivity contribution in [1.29, 1.82) is 0 Å². The molecule has 1 aromatic carbocycles. The average molecular weight is 308 g/mol. The molecule has 2 N–H and O–H groups in total. The maximum atomic E-state index is 5.71. The molecule has 0 fully saturated rings. The molecule has 1 aromatic heterocycles. The van der Waals surface area contributed by atoms with E-state index in [0.717, 1.165) is 16.7 Å². The SMILES string of the molecule is CSc1ccc(CSc2nnc(CN)n2C(C)C)cc1. The lowest BCUT2D eigenvalue weighted by Gasteiger charge is -2.12. The summed E-state index contributed by atoms with van der Waals surface area (Å²) in [6.07, 6.45) is 2.09. The van der Waals surface area contributed by atoms with Gasteiger partial charge in [-0.1, -0.05) is 23.9 Å². The van der Waals surface area contributed by atoms with Crippen LogP contribution in [0.25, 0.3) is 0 Å². The molecule has 108 valence electrons. The van der Waals surface area contributed by atoms with Crippen LogP contribution in [0.3, 0.4) is 0 Å². The van der Waals surface area contributed by atoms with E-state index in [2.05, 4.69) is 59.1 Å². The fourth-order valence-electron chi connectivity index (χ4n) is 1.93. The van der Waals surface area contributed by atoms with Crippen molar-refractivity contribution < 1.29 is 0 Å². The van der Waals surface area contributed by atoms with E-state index in [0.29, 0.717) is 12.6 Å². The Kier molecular flexibility index (Phi) is 5.51. The van der Waals surface area contributed by atoms with Crippen LogP contribution in [0, 0.1) is 0 Å². The van der Waals surface area contributed by atoms with Crippen molar-refractivity contribution in [2.45, 2.75) is 42.2 Å². The number of rotatable bonds is 6. The van der Waals surface area contributed by atoms with Crippen LogP contribution in [-0.4, -0.2) is 21.0 Å². The van der Waals surface area contributed by atoms with Crippen molar-refractivity contribution in [2.75, 3.05) is 6.26 Å². The maximum absolute atomic E-state index is 5.71. The highest BCUT2D eigenvalue weighted by Crippen LogP contribution is 2.25. The van der Waals surface area contributed by atoms with Crippen LogP contribution in [0.4, 0.5) is 0 Å². The zero-order valence-electron chi connectivity index (χ0n) is 12.0. The van der Waals surface area contributed by atoms with Gasteiger partial charge in [-0.15, -0.1) is 22.0 Å². The summed E-state index contributed by atoms with van der Waals surface area (Å²) in [6, 6.07) is 8.96. The summed E-state index contributed by atoms with van der Waals surface area (Å²) in [6.45, 7) is 4.67. The second-order valence-electron chi connectivity index (χ2n) is 4.70. The number of hydrogen-bond acceptors (Lipinski definition) is 5. The quantitative estimate of drug-likeness (QED) is 0.830. The van der Waals surface area contributed by atoms with Crippen molar-refractivity contribution in [3.63, 3.8) is 0 Å². The lowest BCUT2D eigenvalue weighted by molar-refractivity contribution is 0.526. The van der Waals surface area contributed by atoms with Gasteiger partial charge in [-0.3, -0.25) is 0 Å². The third kappa shape index (κ3) is 3.56. The van der Waals surface area contributed by atoms with Gasteiger partial charge in [0.25, 0.3) is 0 Å². The van der Waals surface area contributed by atoms with Crippen molar-refractivity contribution in [3.05, 3.63) is 35.7 Å². The van der Waals surface area contributed by atoms with Gasteiger partial charge in [0.2, 0.25) is 0 Å². The predicted molar refractivity (Wildman–Crippen MR) is 86.1 cm³/mol. The Morgan fingerprint density at radius 2 is 1.90 bits per heavy atom. The molecular weight excluding hydrogens is 288 g/mol. The lowest BCUT2D eigenvalue weighted by atomic mass is 10.2. The number of nitrogens with two attached hydrogens (primary N) is 1. The second-order valence-corrected chi connectivity index (χ2v) is 6.53. The molecule has 0 aliphatic rings. The van der Waals surface area contributed by atoms with Gasteiger partial charge < -0.3 is 10.3 Å². The molecule has 0 unspecified atom stereocenters. The fraction of sp³-hybridized carbons (Fsp3) is 0.429. The molecule has 0 saturated heterocycles. The summed E-state index contributed by atoms with van der Waals surface area (Å²) in [5.41, 5.74) is 7.00. The van der Waals surface area contributed by atoms with Crippen LogP contribution in [0.1, 0.15) is 31.3 Å². The molecular formula is C14H20N4S2. The monoisotopic (exact) mass is 308 g/mol. The Balaban J connectivity index is 2.08. The van der Waals surface area contributed by atoms with Gasteiger partial charge in [-0.05, 0) is 37.8 Å². The zero-order chi connectivity index (χ0) is 14.5. The van der Waals surface area contributed by atoms with Gasteiger partial charge in [-0.25, -0.2) is 0 Å². The van der Waals surface area contributed by atoms with Crippen LogP contribution >= 0.6 is 23.5 Å². The molecule has 0 spiro atoms. The molecule has 0 radical (unpaired) electrons. The van der Waals surface area contributed by atoms with Crippen LogP contribution in [-0.2, 0) is 12.3 Å². The minimum atomic E-state index is 0.324.